The van der Waals surface area contributed by atoms with E-state index < -0.39 is 0 Å². The molecule has 0 saturated carbocycles. The first-order chi connectivity index (χ1) is 8.21. The van der Waals surface area contributed by atoms with Gasteiger partial charge in [-0.2, -0.15) is 0 Å². The van der Waals surface area contributed by atoms with Gasteiger partial charge in [0.25, 0.3) is 5.91 Å². The third kappa shape index (κ3) is 4.25. The van der Waals surface area contributed by atoms with Gasteiger partial charge in [0.05, 0.1) is 12.7 Å². The molecule has 1 unspecified atom stereocenters. The lowest BCUT2D eigenvalue weighted by Crippen LogP contribution is -2.35. The van der Waals surface area contributed by atoms with Gasteiger partial charge in [0.1, 0.15) is 0 Å². The fourth-order valence-corrected chi connectivity index (χ4v) is 1.71. The van der Waals surface area contributed by atoms with Crippen molar-refractivity contribution in [2.75, 3.05) is 39.7 Å². The Labute approximate surface area is 104 Å². The minimum absolute atomic E-state index is 0.166. The molecule has 1 amide bonds. The first kappa shape index (κ1) is 13.8. The fourth-order valence-electron chi connectivity index (χ4n) is 1.09. The standard InChI is InChI=1S/C9H16N4O3S/c1-10-9-13-12-8(17-9)7(14)11-4-6(16-3)5-15-2/h6H,4-5H2,1-3H3,(H,10,13)(H,11,14). The number of aromatic nitrogens is 2. The normalized spacial score (nSPS) is 12.2. The molecule has 17 heavy (non-hydrogen) atoms. The second-order valence-corrected chi connectivity index (χ2v) is 4.16. The van der Waals surface area contributed by atoms with Crippen molar-refractivity contribution >= 4 is 22.4 Å². The highest BCUT2D eigenvalue weighted by molar-refractivity contribution is 7.17. The summed E-state index contributed by atoms with van der Waals surface area (Å²) in [6, 6.07) is 0. The summed E-state index contributed by atoms with van der Waals surface area (Å²) in [7, 11) is 4.87. The van der Waals surface area contributed by atoms with Crippen LogP contribution in [-0.2, 0) is 9.47 Å². The molecule has 2 N–H and O–H groups in total. The van der Waals surface area contributed by atoms with E-state index in [-0.39, 0.29) is 12.0 Å². The van der Waals surface area contributed by atoms with Gasteiger partial charge in [-0.3, -0.25) is 4.79 Å². The van der Waals surface area contributed by atoms with Crippen LogP contribution in [0.25, 0.3) is 0 Å². The molecular formula is C9H16N4O3S. The number of ether oxygens (including phenoxy) is 2. The summed E-state index contributed by atoms with van der Waals surface area (Å²) >= 11 is 1.20. The van der Waals surface area contributed by atoms with Gasteiger partial charge >= 0.3 is 0 Å². The number of rotatable bonds is 7. The van der Waals surface area contributed by atoms with Crippen molar-refractivity contribution in [1.82, 2.24) is 15.5 Å². The highest BCUT2D eigenvalue weighted by Crippen LogP contribution is 2.13. The lowest BCUT2D eigenvalue weighted by Gasteiger charge is -2.14. The molecule has 0 saturated heterocycles. The number of carbonyl (C=O) groups is 1. The van der Waals surface area contributed by atoms with E-state index in [0.29, 0.717) is 23.3 Å². The molecule has 7 nitrogen and oxygen atoms in total. The molecule has 1 atom stereocenters. The van der Waals surface area contributed by atoms with Crippen molar-refractivity contribution in [1.29, 1.82) is 0 Å². The summed E-state index contributed by atoms with van der Waals surface area (Å²) in [5, 5.41) is 14.0. The summed E-state index contributed by atoms with van der Waals surface area (Å²) < 4.78 is 10.1. The van der Waals surface area contributed by atoms with Gasteiger partial charge in [-0.15, -0.1) is 10.2 Å². The molecule has 1 heterocycles. The molecule has 0 aliphatic rings. The maximum Gasteiger partial charge on any atom is 0.282 e. The largest absolute Gasteiger partial charge is 0.382 e. The maximum atomic E-state index is 11.7. The number of carbonyl (C=O) groups excluding carboxylic acids is 1. The molecule has 0 bridgehead atoms. The third-order valence-electron chi connectivity index (χ3n) is 2.01. The number of anilines is 1. The number of hydrogen-bond acceptors (Lipinski definition) is 7. The SMILES string of the molecule is CNc1nnc(C(=O)NCC(COC)OC)s1. The minimum atomic E-state index is -0.262. The Morgan fingerprint density at radius 1 is 1.47 bits per heavy atom. The van der Waals surface area contributed by atoms with Gasteiger partial charge < -0.3 is 20.1 Å². The van der Waals surface area contributed by atoms with E-state index in [1.54, 1.807) is 21.3 Å². The van der Waals surface area contributed by atoms with E-state index in [1.165, 1.54) is 11.3 Å². The summed E-state index contributed by atoms with van der Waals surface area (Å²) in [6.45, 7) is 0.798. The van der Waals surface area contributed by atoms with Crippen molar-refractivity contribution in [3.05, 3.63) is 5.01 Å². The number of nitrogens with one attached hydrogen (secondary N) is 2. The van der Waals surface area contributed by atoms with Crippen LogP contribution in [0.3, 0.4) is 0 Å². The lowest BCUT2D eigenvalue weighted by molar-refractivity contribution is 0.0285. The van der Waals surface area contributed by atoms with Crippen LogP contribution in [0, 0.1) is 0 Å². The molecule has 0 spiro atoms. The Morgan fingerprint density at radius 3 is 2.76 bits per heavy atom. The zero-order valence-corrected chi connectivity index (χ0v) is 10.8. The van der Waals surface area contributed by atoms with Crippen LogP contribution in [-0.4, -0.2) is 56.6 Å². The Balaban J connectivity index is 2.43. The third-order valence-corrected chi connectivity index (χ3v) is 2.95. The van der Waals surface area contributed by atoms with Crippen LogP contribution < -0.4 is 10.6 Å². The number of nitrogens with zero attached hydrogens (tertiary/aromatic N) is 2. The average Bonchev–Trinajstić information content (AvgIpc) is 2.82. The molecule has 96 valence electrons. The predicted molar refractivity (Wildman–Crippen MR) is 64.5 cm³/mol. The molecule has 1 aromatic rings. The monoisotopic (exact) mass is 260 g/mol. The molecule has 1 rings (SSSR count). The van der Waals surface area contributed by atoms with Crippen LogP contribution in [0.15, 0.2) is 0 Å². The fraction of sp³-hybridized carbons (Fsp3) is 0.667. The van der Waals surface area contributed by atoms with Crippen molar-refractivity contribution in [3.63, 3.8) is 0 Å². The van der Waals surface area contributed by atoms with Crippen LogP contribution in [0.1, 0.15) is 9.80 Å². The average molecular weight is 260 g/mol. The Hall–Kier alpha value is -1.25. The molecular weight excluding hydrogens is 244 g/mol. The second kappa shape index (κ2) is 7.15. The molecule has 1 aromatic heterocycles. The topological polar surface area (TPSA) is 85.4 Å². The van der Waals surface area contributed by atoms with Gasteiger partial charge in [0.2, 0.25) is 10.1 Å². The highest BCUT2D eigenvalue weighted by Gasteiger charge is 2.14. The number of amides is 1. The van der Waals surface area contributed by atoms with E-state index in [2.05, 4.69) is 20.8 Å². The summed E-state index contributed by atoms with van der Waals surface area (Å²) in [5.74, 6) is -0.262. The van der Waals surface area contributed by atoms with E-state index in [4.69, 9.17) is 9.47 Å². The summed E-state index contributed by atoms with van der Waals surface area (Å²) in [4.78, 5) is 11.7. The van der Waals surface area contributed by atoms with Crippen LogP contribution in [0.4, 0.5) is 5.13 Å². The zero-order valence-electron chi connectivity index (χ0n) is 10.0. The van der Waals surface area contributed by atoms with Crippen molar-refractivity contribution in [3.8, 4) is 0 Å². The first-order valence-electron chi connectivity index (χ1n) is 5.02. The van der Waals surface area contributed by atoms with E-state index in [1.807, 2.05) is 0 Å². The van der Waals surface area contributed by atoms with Gasteiger partial charge in [0.15, 0.2) is 0 Å². The molecule has 0 aliphatic heterocycles. The van der Waals surface area contributed by atoms with E-state index in [9.17, 15) is 4.79 Å². The first-order valence-corrected chi connectivity index (χ1v) is 5.84. The maximum absolute atomic E-state index is 11.7. The lowest BCUT2D eigenvalue weighted by atomic mass is 10.3. The Bertz CT molecular complexity index is 358. The molecule has 8 heteroatoms. The van der Waals surface area contributed by atoms with Gasteiger partial charge in [-0.1, -0.05) is 11.3 Å². The van der Waals surface area contributed by atoms with Crippen molar-refractivity contribution in [2.45, 2.75) is 6.10 Å². The smallest absolute Gasteiger partial charge is 0.282 e. The number of methoxy groups -OCH3 is 2. The Morgan fingerprint density at radius 2 is 2.24 bits per heavy atom. The molecule has 0 fully saturated rings. The molecule has 0 aliphatic carbocycles. The highest BCUT2D eigenvalue weighted by atomic mass is 32.1. The number of hydrogen-bond donors (Lipinski definition) is 2. The van der Waals surface area contributed by atoms with Crippen molar-refractivity contribution < 1.29 is 14.3 Å². The van der Waals surface area contributed by atoms with Crippen molar-refractivity contribution in [2.24, 2.45) is 0 Å². The zero-order chi connectivity index (χ0) is 12.7. The summed E-state index contributed by atoms with van der Waals surface area (Å²) in [5.41, 5.74) is 0. The van der Waals surface area contributed by atoms with Gasteiger partial charge in [0, 0.05) is 27.8 Å². The van der Waals surface area contributed by atoms with Crippen LogP contribution in [0.5, 0.6) is 0 Å². The van der Waals surface area contributed by atoms with Crippen LogP contribution in [0.2, 0.25) is 0 Å². The van der Waals surface area contributed by atoms with Gasteiger partial charge in [-0.25, -0.2) is 0 Å². The van der Waals surface area contributed by atoms with Gasteiger partial charge in [-0.05, 0) is 0 Å². The summed E-state index contributed by atoms with van der Waals surface area (Å²) in [6.07, 6.45) is -0.166. The van der Waals surface area contributed by atoms with Crippen LogP contribution >= 0.6 is 11.3 Å². The molecule has 0 aromatic carbocycles. The van der Waals surface area contributed by atoms with E-state index >= 15 is 0 Å². The predicted octanol–water partition coefficient (Wildman–Crippen LogP) is -0.0290. The molecule has 0 radical (unpaired) electrons. The van der Waals surface area contributed by atoms with E-state index in [0.717, 1.165) is 0 Å². The Kier molecular flexibility index (Phi) is 5.81. The second-order valence-electron chi connectivity index (χ2n) is 3.19. The quantitative estimate of drug-likeness (QED) is 0.716. The minimum Gasteiger partial charge on any atom is -0.382 e.